The van der Waals surface area contributed by atoms with Crippen molar-refractivity contribution in [1.82, 2.24) is 5.06 Å². The third-order valence-corrected chi connectivity index (χ3v) is 2.40. The summed E-state index contributed by atoms with van der Waals surface area (Å²) in [5.41, 5.74) is 0. The second-order valence-corrected chi connectivity index (χ2v) is 3.95. The van der Waals surface area contributed by atoms with Crippen LogP contribution in [0.3, 0.4) is 0 Å². The molecule has 8 nitrogen and oxygen atoms in total. The minimum atomic E-state index is -2.79. The lowest BCUT2D eigenvalue weighted by molar-refractivity contribution is -0.0945. The van der Waals surface area contributed by atoms with Gasteiger partial charge >= 0.3 is 16.6 Å². The average molecular weight is 266 g/mol. The highest BCUT2D eigenvalue weighted by atomic mass is 32.2. The molecule has 1 aliphatic rings. The maximum absolute atomic E-state index is 11.0. The monoisotopic (exact) mass is 266 g/mol. The van der Waals surface area contributed by atoms with Crippen LogP contribution in [0.15, 0.2) is 4.36 Å². The van der Waals surface area contributed by atoms with Crippen LogP contribution < -0.4 is 0 Å². The Morgan fingerprint density at radius 2 is 2.29 bits per heavy atom. The molecule has 1 amide bonds. The molecule has 98 valence electrons. The van der Waals surface area contributed by atoms with Crippen molar-refractivity contribution in [3.8, 4) is 0 Å². The average Bonchev–Trinajstić information content (AvgIpc) is 2.43. The van der Waals surface area contributed by atoms with Gasteiger partial charge in [0, 0.05) is 13.7 Å². The number of carbonyl (C=O) groups is 1. The van der Waals surface area contributed by atoms with E-state index in [0.29, 0.717) is 32.7 Å². The van der Waals surface area contributed by atoms with Crippen LogP contribution in [-0.4, -0.2) is 59.1 Å². The normalized spacial score (nSPS) is 21.6. The van der Waals surface area contributed by atoms with E-state index in [9.17, 15) is 13.2 Å². The molecule has 1 atom stereocenters. The summed E-state index contributed by atoms with van der Waals surface area (Å²) in [5, 5.41) is 1.33. The number of nitrogens with zero attached hydrogens (tertiary/aromatic N) is 2. The first kappa shape index (κ1) is 14.0. The predicted molar refractivity (Wildman–Crippen MR) is 55.6 cm³/mol. The quantitative estimate of drug-likeness (QED) is 0.700. The van der Waals surface area contributed by atoms with Gasteiger partial charge in [-0.1, -0.05) is 4.36 Å². The molecule has 1 fully saturated rings. The first-order valence-corrected chi connectivity index (χ1v) is 6.03. The Morgan fingerprint density at radius 3 is 2.94 bits per heavy atom. The maximum atomic E-state index is 11.0. The second kappa shape index (κ2) is 7.33. The molecule has 0 aromatic heterocycles. The van der Waals surface area contributed by atoms with Crippen LogP contribution in [0.2, 0.25) is 0 Å². The van der Waals surface area contributed by atoms with Crippen LogP contribution >= 0.6 is 0 Å². The van der Waals surface area contributed by atoms with Crippen molar-refractivity contribution in [2.75, 3.05) is 33.4 Å². The number of hydroxylamine groups is 2. The summed E-state index contributed by atoms with van der Waals surface area (Å²) in [4.78, 5) is 15.7. The maximum Gasteiger partial charge on any atom is 0.467 e. The van der Waals surface area contributed by atoms with Crippen LogP contribution in [0.4, 0.5) is 4.79 Å². The van der Waals surface area contributed by atoms with Gasteiger partial charge in [-0.2, -0.15) is 8.42 Å². The molecule has 1 unspecified atom stereocenters. The highest BCUT2D eigenvalue weighted by molar-refractivity contribution is 7.62. The van der Waals surface area contributed by atoms with Gasteiger partial charge in [0.2, 0.25) is 0 Å². The fourth-order valence-electron chi connectivity index (χ4n) is 1.40. The Balaban J connectivity index is 2.41. The smallest absolute Gasteiger partial charge is 0.382 e. The molecular formula is C8H14N2O6S. The van der Waals surface area contributed by atoms with E-state index in [1.165, 1.54) is 5.06 Å². The number of ether oxygens (including phenoxy) is 2. The molecule has 1 aliphatic heterocycles. The number of carbonyl (C=O) groups excluding carboxylic acids is 1. The topological polar surface area (TPSA) is 94.5 Å². The van der Waals surface area contributed by atoms with Crippen molar-refractivity contribution >= 4 is 16.6 Å². The molecule has 0 aromatic rings. The fourth-order valence-corrected chi connectivity index (χ4v) is 1.56. The van der Waals surface area contributed by atoms with Gasteiger partial charge in [-0.15, -0.1) is 5.06 Å². The molecule has 0 aliphatic carbocycles. The van der Waals surface area contributed by atoms with Gasteiger partial charge in [0.1, 0.15) is 0 Å². The summed E-state index contributed by atoms with van der Waals surface area (Å²) >= 11 is 0. The Bertz CT molecular complexity index is 373. The summed E-state index contributed by atoms with van der Waals surface area (Å²) in [5.74, 6) is 0. The van der Waals surface area contributed by atoms with E-state index in [1.807, 2.05) is 0 Å². The number of hydrogen-bond donors (Lipinski definition) is 0. The molecule has 1 rings (SSSR count). The molecule has 0 spiro atoms. The van der Waals surface area contributed by atoms with Crippen LogP contribution in [0.1, 0.15) is 6.42 Å². The minimum Gasteiger partial charge on any atom is -0.382 e. The number of methoxy groups -OCH3 is 1. The zero-order chi connectivity index (χ0) is 12.7. The molecule has 0 bridgehead atoms. The van der Waals surface area contributed by atoms with Gasteiger partial charge in [0.05, 0.1) is 25.9 Å². The second-order valence-electron chi connectivity index (χ2n) is 3.33. The summed E-state index contributed by atoms with van der Waals surface area (Å²) in [6.45, 7) is 1.66. The van der Waals surface area contributed by atoms with E-state index in [4.69, 9.17) is 14.3 Å². The van der Waals surface area contributed by atoms with Crippen molar-refractivity contribution in [3.63, 3.8) is 0 Å². The molecule has 9 heteroatoms. The Labute approximate surface area is 100 Å². The van der Waals surface area contributed by atoms with E-state index in [-0.39, 0.29) is 6.10 Å². The fraction of sp³-hybridized carbons (Fsp3) is 0.875. The van der Waals surface area contributed by atoms with Crippen LogP contribution in [-0.2, 0) is 24.8 Å². The zero-order valence-electron chi connectivity index (χ0n) is 9.37. The molecule has 1 heterocycles. The third-order valence-electron chi connectivity index (χ3n) is 2.10. The standard InChI is InChI=1S/C8H14N2O6S/c1-14-6-7-2-3-10(4-5-15-7)16-8(11)9-17(12)13/h7H,2-6H2,1H3. The van der Waals surface area contributed by atoms with E-state index in [1.54, 1.807) is 7.11 Å². The number of hydrogen-bond acceptors (Lipinski definition) is 7. The molecule has 0 N–H and O–H groups in total. The van der Waals surface area contributed by atoms with Crippen LogP contribution in [0.5, 0.6) is 0 Å². The highest BCUT2D eigenvalue weighted by Gasteiger charge is 2.20. The Hall–Kier alpha value is -1.03. The molecule has 0 saturated carbocycles. The Morgan fingerprint density at radius 1 is 1.53 bits per heavy atom. The Kier molecular flexibility index (Phi) is 6.05. The van der Waals surface area contributed by atoms with Crippen molar-refractivity contribution in [3.05, 3.63) is 0 Å². The molecule has 1 saturated heterocycles. The van der Waals surface area contributed by atoms with Crippen molar-refractivity contribution in [2.24, 2.45) is 4.36 Å². The van der Waals surface area contributed by atoms with E-state index >= 15 is 0 Å². The summed E-state index contributed by atoms with van der Waals surface area (Å²) in [6, 6.07) is 0. The van der Waals surface area contributed by atoms with Crippen molar-refractivity contribution in [1.29, 1.82) is 0 Å². The zero-order valence-corrected chi connectivity index (χ0v) is 10.2. The predicted octanol–water partition coefficient (Wildman–Crippen LogP) is -0.162. The SMILES string of the molecule is COCC1CCN(OC(=O)N=S(=O)=O)CCO1. The lowest BCUT2D eigenvalue weighted by atomic mass is 10.3. The first-order valence-electron chi connectivity index (χ1n) is 5.00. The molecule has 17 heavy (non-hydrogen) atoms. The third kappa shape index (κ3) is 5.73. The van der Waals surface area contributed by atoms with Gasteiger partial charge in [-0.3, -0.25) is 0 Å². The number of rotatable bonds is 3. The van der Waals surface area contributed by atoms with Gasteiger partial charge in [-0.25, -0.2) is 4.79 Å². The lowest BCUT2D eigenvalue weighted by Crippen LogP contribution is -2.28. The largest absolute Gasteiger partial charge is 0.467 e. The first-order chi connectivity index (χ1) is 8.11. The van der Waals surface area contributed by atoms with Gasteiger partial charge in [0.15, 0.2) is 0 Å². The summed E-state index contributed by atoms with van der Waals surface area (Å²) in [6.07, 6.45) is -0.570. The summed E-state index contributed by atoms with van der Waals surface area (Å²) < 4.78 is 33.3. The van der Waals surface area contributed by atoms with Crippen LogP contribution in [0.25, 0.3) is 0 Å². The number of amides is 1. The molecule has 0 radical (unpaired) electrons. The summed E-state index contributed by atoms with van der Waals surface area (Å²) in [7, 11) is -1.21. The highest BCUT2D eigenvalue weighted by Crippen LogP contribution is 2.08. The molecule has 0 aromatic carbocycles. The lowest BCUT2D eigenvalue weighted by Gasteiger charge is -2.15. The van der Waals surface area contributed by atoms with Gasteiger partial charge in [-0.05, 0) is 6.42 Å². The van der Waals surface area contributed by atoms with Crippen molar-refractivity contribution < 1.29 is 27.5 Å². The van der Waals surface area contributed by atoms with Crippen LogP contribution in [0, 0.1) is 0 Å². The van der Waals surface area contributed by atoms with Gasteiger partial charge in [0.25, 0.3) is 0 Å². The van der Waals surface area contributed by atoms with E-state index in [0.717, 1.165) is 0 Å². The van der Waals surface area contributed by atoms with E-state index in [2.05, 4.69) is 4.36 Å². The van der Waals surface area contributed by atoms with E-state index < -0.39 is 16.6 Å². The minimum absolute atomic E-state index is 0.0470. The van der Waals surface area contributed by atoms with Gasteiger partial charge < -0.3 is 14.3 Å². The molecular weight excluding hydrogens is 252 g/mol. The van der Waals surface area contributed by atoms with Crippen molar-refractivity contribution in [2.45, 2.75) is 12.5 Å².